The van der Waals surface area contributed by atoms with E-state index in [1.54, 1.807) is 4.68 Å². The summed E-state index contributed by atoms with van der Waals surface area (Å²) < 4.78 is 7.45. The number of nitrogens with zero attached hydrogens (tertiary/aromatic N) is 3. The van der Waals surface area contributed by atoms with Gasteiger partial charge in [-0.15, -0.1) is 0 Å². The summed E-state index contributed by atoms with van der Waals surface area (Å²) in [5.74, 6) is 0.473. The van der Waals surface area contributed by atoms with E-state index in [9.17, 15) is 4.79 Å². The smallest absolute Gasteiger partial charge is 0.251 e. The quantitative estimate of drug-likeness (QED) is 0.542. The van der Waals surface area contributed by atoms with Crippen molar-refractivity contribution in [1.82, 2.24) is 14.8 Å². The largest absolute Gasteiger partial charge is 0.418 e. The molecule has 0 radical (unpaired) electrons. The number of oxazole rings is 1. The molecule has 4 aromatic rings. The molecule has 0 N–H and O–H groups in total. The molecule has 0 atom stereocenters. The van der Waals surface area contributed by atoms with E-state index in [2.05, 4.69) is 10.1 Å². The van der Waals surface area contributed by atoms with Crippen LogP contribution in [-0.2, 0) is 0 Å². The molecular formula is C17H11N3O2. The molecule has 106 valence electrons. The second-order valence-corrected chi connectivity index (χ2v) is 4.79. The first kappa shape index (κ1) is 12.5. The topological polar surface area (TPSA) is 60.9 Å². The molecule has 4 rings (SSSR count). The Balaban J connectivity index is 1.96. The van der Waals surface area contributed by atoms with E-state index in [1.165, 1.54) is 0 Å². The van der Waals surface area contributed by atoms with Crippen LogP contribution in [0, 0.1) is 0 Å². The predicted octanol–water partition coefficient (Wildman–Crippen LogP) is 3.49. The molecule has 0 unspecified atom stereocenters. The monoisotopic (exact) mass is 289 g/mol. The third-order valence-corrected chi connectivity index (χ3v) is 3.39. The number of carbonyl (C=O) groups excluding carboxylic acids is 1. The molecule has 0 spiro atoms. The van der Waals surface area contributed by atoms with Gasteiger partial charge in [-0.3, -0.25) is 4.79 Å². The fourth-order valence-electron chi connectivity index (χ4n) is 2.35. The molecule has 5 heteroatoms. The van der Waals surface area contributed by atoms with Crippen LogP contribution in [0.2, 0.25) is 0 Å². The van der Waals surface area contributed by atoms with Crippen LogP contribution in [0.1, 0.15) is 10.5 Å². The number of benzene rings is 2. The third-order valence-electron chi connectivity index (χ3n) is 3.39. The Bertz CT molecular complexity index is 940. The van der Waals surface area contributed by atoms with E-state index in [-0.39, 0.29) is 5.69 Å². The van der Waals surface area contributed by atoms with Gasteiger partial charge in [-0.2, -0.15) is 9.78 Å². The van der Waals surface area contributed by atoms with Crippen LogP contribution < -0.4 is 0 Å². The van der Waals surface area contributed by atoms with Crippen molar-refractivity contribution in [3.05, 3.63) is 66.4 Å². The van der Waals surface area contributed by atoms with Gasteiger partial charge in [-0.25, -0.2) is 4.98 Å². The van der Waals surface area contributed by atoms with Gasteiger partial charge < -0.3 is 4.42 Å². The lowest BCUT2D eigenvalue weighted by Crippen LogP contribution is -1.96. The van der Waals surface area contributed by atoms with Gasteiger partial charge in [0, 0.05) is 5.56 Å². The Kier molecular flexibility index (Phi) is 2.83. The minimum atomic E-state index is 0.268. The van der Waals surface area contributed by atoms with E-state index in [4.69, 9.17) is 4.42 Å². The molecule has 2 aromatic heterocycles. The zero-order valence-electron chi connectivity index (χ0n) is 11.5. The Hall–Kier alpha value is -3.21. The van der Waals surface area contributed by atoms with Crippen molar-refractivity contribution >= 4 is 17.5 Å². The second-order valence-electron chi connectivity index (χ2n) is 4.79. The maximum atomic E-state index is 11.3. The Morgan fingerprint density at radius 3 is 2.32 bits per heavy atom. The van der Waals surface area contributed by atoms with Crippen LogP contribution in [0.25, 0.3) is 28.4 Å². The normalized spacial score (nSPS) is 10.9. The van der Waals surface area contributed by atoms with Gasteiger partial charge in [0.25, 0.3) is 5.71 Å². The van der Waals surface area contributed by atoms with Gasteiger partial charge in [0.1, 0.15) is 0 Å². The van der Waals surface area contributed by atoms with E-state index in [0.29, 0.717) is 23.4 Å². The highest BCUT2D eigenvalue weighted by atomic mass is 16.4. The standard InChI is InChI=1S/C17H11N3O2/c21-11-14-15-17(20(19-14)13-9-5-2-6-10-13)22-16(18-15)12-7-3-1-4-8-12/h1-11H. The van der Waals surface area contributed by atoms with E-state index in [0.717, 1.165) is 11.3 Å². The van der Waals surface area contributed by atoms with Crippen molar-refractivity contribution in [2.75, 3.05) is 0 Å². The van der Waals surface area contributed by atoms with Gasteiger partial charge in [0.2, 0.25) is 5.89 Å². The number of aldehydes is 1. The number of hydrogen-bond donors (Lipinski definition) is 0. The minimum Gasteiger partial charge on any atom is -0.418 e. The summed E-state index contributed by atoms with van der Waals surface area (Å²) in [6.45, 7) is 0. The minimum absolute atomic E-state index is 0.268. The van der Waals surface area contributed by atoms with Crippen molar-refractivity contribution in [3.63, 3.8) is 0 Å². The highest BCUT2D eigenvalue weighted by Crippen LogP contribution is 2.27. The molecule has 0 bridgehead atoms. The van der Waals surface area contributed by atoms with Crippen LogP contribution in [0.4, 0.5) is 0 Å². The molecule has 0 aliphatic carbocycles. The van der Waals surface area contributed by atoms with Crippen molar-refractivity contribution < 1.29 is 9.21 Å². The van der Waals surface area contributed by atoms with Crippen LogP contribution in [-0.4, -0.2) is 21.1 Å². The number of fused-ring (bicyclic) bond motifs is 1. The summed E-state index contributed by atoms with van der Waals surface area (Å²) >= 11 is 0. The van der Waals surface area contributed by atoms with Gasteiger partial charge in [-0.05, 0) is 24.3 Å². The van der Waals surface area contributed by atoms with Crippen molar-refractivity contribution in [3.8, 4) is 17.1 Å². The molecule has 0 fully saturated rings. The average molecular weight is 289 g/mol. The van der Waals surface area contributed by atoms with E-state index in [1.807, 2.05) is 60.7 Å². The van der Waals surface area contributed by atoms with Gasteiger partial charge in [0.05, 0.1) is 5.69 Å². The molecule has 0 saturated carbocycles. The molecule has 22 heavy (non-hydrogen) atoms. The van der Waals surface area contributed by atoms with Gasteiger partial charge >= 0.3 is 0 Å². The molecule has 0 amide bonds. The Morgan fingerprint density at radius 2 is 1.64 bits per heavy atom. The van der Waals surface area contributed by atoms with E-state index >= 15 is 0 Å². The Labute approximate surface area is 125 Å². The lowest BCUT2D eigenvalue weighted by Gasteiger charge is -2.00. The Morgan fingerprint density at radius 1 is 0.955 bits per heavy atom. The number of rotatable bonds is 3. The molecule has 5 nitrogen and oxygen atoms in total. The van der Waals surface area contributed by atoms with E-state index < -0.39 is 0 Å². The first-order chi connectivity index (χ1) is 10.9. The number of hydrogen-bond acceptors (Lipinski definition) is 4. The van der Waals surface area contributed by atoms with Crippen LogP contribution in [0.3, 0.4) is 0 Å². The number of carbonyl (C=O) groups is 1. The first-order valence-corrected chi connectivity index (χ1v) is 6.82. The molecule has 2 aromatic carbocycles. The summed E-state index contributed by atoms with van der Waals surface area (Å²) in [7, 11) is 0. The maximum Gasteiger partial charge on any atom is 0.251 e. The van der Waals surface area contributed by atoms with Crippen molar-refractivity contribution in [2.45, 2.75) is 0 Å². The lowest BCUT2D eigenvalue weighted by molar-refractivity contribution is 0.112. The molecule has 0 aliphatic rings. The first-order valence-electron chi connectivity index (χ1n) is 6.82. The average Bonchev–Trinajstić information content (AvgIpc) is 3.15. The second kappa shape index (κ2) is 4.96. The third kappa shape index (κ3) is 1.91. The molecular weight excluding hydrogens is 278 g/mol. The zero-order chi connectivity index (χ0) is 14.9. The van der Waals surface area contributed by atoms with Crippen molar-refractivity contribution in [1.29, 1.82) is 0 Å². The summed E-state index contributed by atoms with van der Waals surface area (Å²) in [5, 5.41) is 4.27. The van der Waals surface area contributed by atoms with Gasteiger partial charge in [0.15, 0.2) is 17.5 Å². The van der Waals surface area contributed by atoms with Crippen LogP contribution in [0.15, 0.2) is 65.1 Å². The van der Waals surface area contributed by atoms with Crippen molar-refractivity contribution in [2.24, 2.45) is 0 Å². The highest BCUT2D eigenvalue weighted by Gasteiger charge is 2.19. The van der Waals surface area contributed by atoms with Crippen LogP contribution >= 0.6 is 0 Å². The number of aromatic nitrogens is 3. The summed E-state index contributed by atoms with van der Waals surface area (Å²) in [5.41, 5.74) is 2.88. The summed E-state index contributed by atoms with van der Waals surface area (Å²) in [6.07, 6.45) is 0.694. The predicted molar refractivity (Wildman–Crippen MR) is 82.0 cm³/mol. The fraction of sp³-hybridized carbons (Fsp3) is 0. The zero-order valence-corrected chi connectivity index (χ0v) is 11.5. The molecule has 2 heterocycles. The van der Waals surface area contributed by atoms with Crippen LogP contribution in [0.5, 0.6) is 0 Å². The fourth-order valence-corrected chi connectivity index (χ4v) is 2.35. The SMILES string of the molecule is O=Cc1nn(-c2ccccc2)c2oc(-c3ccccc3)nc12. The highest BCUT2D eigenvalue weighted by molar-refractivity contribution is 5.92. The lowest BCUT2D eigenvalue weighted by atomic mass is 10.2. The molecule has 0 saturated heterocycles. The number of para-hydroxylation sites is 1. The molecule has 0 aliphatic heterocycles. The summed E-state index contributed by atoms with van der Waals surface area (Å²) in [4.78, 5) is 15.7. The maximum absolute atomic E-state index is 11.3. The van der Waals surface area contributed by atoms with Gasteiger partial charge in [-0.1, -0.05) is 36.4 Å². The summed E-state index contributed by atoms with van der Waals surface area (Å²) in [6, 6.07) is 19.1.